The van der Waals surface area contributed by atoms with Crippen molar-refractivity contribution in [1.82, 2.24) is 0 Å². The minimum absolute atomic E-state index is 0.0367. The van der Waals surface area contributed by atoms with Crippen LogP contribution in [0.1, 0.15) is 40.9 Å². The molecular formula is C24H26O8. The molecule has 3 N–H and O–H groups in total. The van der Waals surface area contributed by atoms with E-state index >= 15 is 0 Å². The van der Waals surface area contributed by atoms with Crippen LogP contribution in [0.25, 0.3) is 0 Å². The van der Waals surface area contributed by atoms with Crippen molar-refractivity contribution >= 4 is 5.78 Å². The van der Waals surface area contributed by atoms with E-state index in [0.717, 1.165) is 5.57 Å². The first-order valence-electron chi connectivity index (χ1n) is 10.3. The smallest absolute Gasteiger partial charge is 0.230 e. The molecule has 2 aliphatic rings. The first-order valence-corrected chi connectivity index (χ1v) is 10.3. The summed E-state index contributed by atoms with van der Waals surface area (Å²) < 4.78 is 22.7. The second-order valence-electron chi connectivity index (χ2n) is 7.97. The van der Waals surface area contributed by atoms with Gasteiger partial charge in [0.25, 0.3) is 0 Å². The monoisotopic (exact) mass is 442 g/mol. The van der Waals surface area contributed by atoms with Gasteiger partial charge in [0.1, 0.15) is 29.8 Å². The molecule has 2 heterocycles. The van der Waals surface area contributed by atoms with E-state index in [1.54, 1.807) is 44.2 Å². The van der Waals surface area contributed by atoms with Gasteiger partial charge in [0.2, 0.25) is 6.29 Å². The summed E-state index contributed by atoms with van der Waals surface area (Å²) in [5.41, 5.74) is 2.51. The number of hydrogen-bond donors (Lipinski definition) is 3. The van der Waals surface area contributed by atoms with Crippen LogP contribution in [0.2, 0.25) is 0 Å². The zero-order valence-electron chi connectivity index (χ0n) is 18.1. The number of phenols is 1. The molecule has 3 unspecified atom stereocenters. The number of ether oxygens (including phenoxy) is 4. The topological polar surface area (TPSA) is 115 Å². The third-order valence-corrected chi connectivity index (χ3v) is 5.70. The SMILES string of the molecule is COc1ccc(C2CC(=O)c3c(C)cc(OC4OC(CO)C(C)=C[C@@H]4O)cc3O2)cc1O. The largest absolute Gasteiger partial charge is 0.504 e. The quantitative estimate of drug-likeness (QED) is 0.606. The number of ketones is 1. The number of carbonyl (C=O) groups excluding carboxylic acids is 1. The average Bonchev–Trinajstić information content (AvgIpc) is 2.75. The molecule has 4 rings (SSSR count). The molecule has 32 heavy (non-hydrogen) atoms. The van der Waals surface area contributed by atoms with Gasteiger partial charge in [0.15, 0.2) is 17.3 Å². The molecule has 0 saturated carbocycles. The molecule has 0 aromatic heterocycles. The summed E-state index contributed by atoms with van der Waals surface area (Å²) in [5.74, 6) is 0.932. The molecule has 0 aliphatic carbocycles. The highest BCUT2D eigenvalue weighted by Gasteiger charge is 2.33. The number of Topliss-reactive ketones (excluding diaryl/α,β-unsaturated/α-hetero) is 1. The standard InChI is InChI=1S/C24H26O8/c1-12-7-18(28)24(32-22(12)11-25)30-15-6-13(2)23-17(27)10-20(31-21(23)9-15)14-4-5-19(29-3)16(26)8-14/h4-9,18,20,22,24-26,28H,10-11H2,1-3H3/t18-,20?,22?,24?/m0/s1. The number of aliphatic hydroxyl groups is 2. The van der Waals surface area contributed by atoms with Crippen molar-refractivity contribution in [3.63, 3.8) is 0 Å². The van der Waals surface area contributed by atoms with Crippen molar-refractivity contribution in [2.75, 3.05) is 13.7 Å². The van der Waals surface area contributed by atoms with Crippen LogP contribution in [0.15, 0.2) is 42.0 Å². The van der Waals surface area contributed by atoms with Crippen LogP contribution in [0, 0.1) is 6.92 Å². The number of aliphatic hydroxyl groups excluding tert-OH is 2. The van der Waals surface area contributed by atoms with Crippen LogP contribution >= 0.6 is 0 Å². The summed E-state index contributed by atoms with van der Waals surface area (Å²) in [6.45, 7) is 3.32. The number of methoxy groups -OCH3 is 1. The predicted octanol–water partition coefficient (Wildman–Crippen LogP) is 2.82. The van der Waals surface area contributed by atoms with Gasteiger partial charge in [-0.3, -0.25) is 4.79 Å². The zero-order valence-corrected chi connectivity index (χ0v) is 18.1. The van der Waals surface area contributed by atoms with Gasteiger partial charge in [0, 0.05) is 6.07 Å². The van der Waals surface area contributed by atoms with Crippen molar-refractivity contribution in [1.29, 1.82) is 0 Å². The molecule has 4 atom stereocenters. The number of phenolic OH excluding ortho intramolecular Hbond substituents is 1. The number of fused-ring (bicyclic) bond motifs is 1. The minimum atomic E-state index is -1.01. The Labute approximate surface area is 185 Å². The maximum absolute atomic E-state index is 12.9. The van der Waals surface area contributed by atoms with Crippen LogP contribution in [-0.4, -0.2) is 53.3 Å². The summed E-state index contributed by atoms with van der Waals surface area (Å²) in [4.78, 5) is 12.9. The summed E-state index contributed by atoms with van der Waals surface area (Å²) in [5, 5.41) is 29.9. The number of aromatic hydroxyl groups is 1. The Bertz CT molecular complexity index is 1060. The molecule has 2 aromatic rings. The van der Waals surface area contributed by atoms with E-state index in [0.29, 0.717) is 33.9 Å². The molecule has 2 aromatic carbocycles. The number of benzene rings is 2. The number of hydrogen-bond acceptors (Lipinski definition) is 8. The van der Waals surface area contributed by atoms with E-state index in [4.69, 9.17) is 18.9 Å². The van der Waals surface area contributed by atoms with Crippen molar-refractivity contribution in [2.45, 2.75) is 44.9 Å². The highest BCUT2D eigenvalue weighted by molar-refractivity contribution is 6.01. The highest BCUT2D eigenvalue weighted by Crippen LogP contribution is 2.41. The van der Waals surface area contributed by atoms with Gasteiger partial charge in [-0.2, -0.15) is 0 Å². The fraction of sp³-hybridized carbons (Fsp3) is 0.375. The summed E-state index contributed by atoms with van der Waals surface area (Å²) >= 11 is 0. The van der Waals surface area contributed by atoms with Gasteiger partial charge in [-0.25, -0.2) is 0 Å². The molecule has 0 bridgehead atoms. The lowest BCUT2D eigenvalue weighted by Gasteiger charge is -2.32. The lowest BCUT2D eigenvalue weighted by atomic mass is 9.93. The Balaban J connectivity index is 1.60. The Morgan fingerprint density at radius 2 is 1.97 bits per heavy atom. The zero-order chi connectivity index (χ0) is 23.0. The molecular weight excluding hydrogens is 416 g/mol. The molecule has 0 saturated heterocycles. The van der Waals surface area contributed by atoms with Crippen molar-refractivity contribution < 1.29 is 39.1 Å². The van der Waals surface area contributed by atoms with E-state index in [1.165, 1.54) is 13.2 Å². The molecule has 8 heteroatoms. The second-order valence-corrected chi connectivity index (χ2v) is 7.97. The van der Waals surface area contributed by atoms with Crippen molar-refractivity contribution in [2.24, 2.45) is 0 Å². The van der Waals surface area contributed by atoms with E-state index in [9.17, 15) is 20.1 Å². The van der Waals surface area contributed by atoms with Gasteiger partial charge < -0.3 is 34.3 Å². The first-order chi connectivity index (χ1) is 15.3. The maximum atomic E-state index is 12.9. The lowest BCUT2D eigenvalue weighted by molar-refractivity contribution is -0.168. The molecule has 0 fully saturated rings. The fourth-order valence-electron chi connectivity index (χ4n) is 4.02. The average molecular weight is 442 g/mol. The van der Waals surface area contributed by atoms with Crippen LogP contribution in [0.5, 0.6) is 23.0 Å². The lowest BCUT2D eigenvalue weighted by Crippen LogP contribution is -2.42. The summed E-state index contributed by atoms with van der Waals surface area (Å²) in [6, 6.07) is 8.16. The third kappa shape index (κ3) is 4.17. The van der Waals surface area contributed by atoms with Crippen LogP contribution in [0.4, 0.5) is 0 Å². The molecule has 0 spiro atoms. The number of carbonyl (C=O) groups is 1. The Kier molecular flexibility index (Phi) is 6.10. The fourth-order valence-corrected chi connectivity index (χ4v) is 4.02. The summed E-state index contributed by atoms with van der Waals surface area (Å²) in [7, 11) is 1.46. The Morgan fingerprint density at radius 3 is 2.66 bits per heavy atom. The minimum Gasteiger partial charge on any atom is -0.504 e. The van der Waals surface area contributed by atoms with Crippen molar-refractivity contribution in [3.05, 3.63) is 58.7 Å². The van der Waals surface area contributed by atoms with E-state index in [1.807, 2.05) is 0 Å². The predicted molar refractivity (Wildman–Crippen MR) is 114 cm³/mol. The molecule has 0 radical (unpaired) electrons. The van der Waals surface area contributed by atoms with Gasteiger partial charge in [-0.15, -0.1) is 0 Å². The van der Waals surface area contributed by atoms with Gasteiger partial charge >= 0.3 is 0 Å². The molecule has 0 amide bonds. The first kappa shape index (κ1) is 22.1. The highest BCUT2D eigenvalue weighted by atomic mass is 16.7. The van der Waals surface area contributed by atoms with Crippen molar-refractivity contribution in [3.8, 4) is 23.0 Å². The maximum Gasteiger partial charge on any atom is 0.230 e. The van der Waals surface area contributed by atoms with Crippen LogP contribution in [0.3, 0.4) is 0 Å². The number of aryl methyl sites for hydroxylation is 1. The Morgan fingerprint density at radius 1 is 1.19 bits per heavy atom. The number of rotatable bonds is 5. The van der Waals surface area contributed by atoms with Gasteiger partial charge in [-0.05, 0) is 54.8 Å². The second kappa shape index (κ2) is 8.82. The van der Waals surface area contributed by atoms with Gasteiger partial charge in [0.05, 0.1) is 25.7 Å². The van der Waals surface area contributed by atoms with E-state index in [-0.39, 0.29) is 24.6 Å². The summed E-state index contributed by atoms with van der Waals surface area (Å²) in [6.07, 6.45) is -1.44. The van der Waals surface area contributed by atoms with E-state index in [2.05, 4.69) is 0 Å². The third-order valence-electron chi connectivity index (χ3n) is 5.70. The van der Waals surface area contributed by atoms with Crippen LogP contribution < -0.4 is 14.2 Å². The molecule has 170 valence electrons. The molecule has 2 aliphatic heterocycles. The molecule has 8 nitrogen and oxygen atoms in total. The van der Waals surface area contributed by atoms with Crippen LogP contribution in [-0.2, 0) is 4.74 Å². The van der Waals surface area contributed by atoms with E-state index < -0.39 is 24.6 Å². The normalized spacial score (nSPS) is 24.9. The Hall–Kier alpha value is -3.07. The van der Waals surface area contributed by atoms with Gasteiger partial charge in [-0.1, -0.05) is 6.07 Å².